The molecule has 1 aliphatic rings. The topological polar surface area (TPSA) is 122 Å². The molecule has 0 atom stereocenters. The van der Waals surface area contributed by atoms with Crippen molar-refractivity contribution in [1.82, 2.24) is 4.90 Å². The van der Waals surface area contributed by atoms with Crippen molar-refractivity contribution in [3.8, 4) is 5.75 Å². The van der Waals surface area contributed by atoms with E-state index >= 15 is 0 Å². The first-order chi connectivity index (χ1) is 17.2. The molecule has 9 nitrogen and oxygen atoms in total. The van der Waals surface area contributed by atoms with E-state index in [9.17, 15) is 19.7 Å². The maximum Gasteiger partial charge on any atom is 0.335 e. The van der Waals surface area contributed by atoms with Crippen LogP contribution in [-0.2, 0) is 11.4 Å². The van der Waals surface area contributed by atoms with Crippen molar-refractivity contribution in [2.45, 2.75) is 6.61 Å². The minimum atomic E-state index is -1.02. The van der Waals surface area contributed by atoms with Gasteiger partial charge in [-0.15, -0.1) is 0 Å². The Hall–Kier alpha value is -3.96. The van der Waals surface area contributed by atoms with E-state index in [1.165, 1.54) is 40.9 Å². The Morgan fingerprint density at radius 3 is 2.47 bits per heavy atom. The molecule has 1 N–H and O–H groups in total. The number of thioether (sulfide) groups is 1. The zero-order valence-electron chi connectivity index (χ0n) is 18.8. The lowest BCUT2D eigenvalue weighted by molar-refractivity contribution is -0.384. The fourth-order valence-corrected chi connectivity index (χ4v) is 4.69. The molecule has 36 heavy (non-hydrogen) atoms. The Balaban J connectivity index is 1.45. The molecule has 0 bridgehead atoms. The number of nitro benzene ring substituents is 1. The predicted octanol–water partition coefficient (Wildman–Crippen LogP) is 5.87. The number of carboxylic acid groups (broad SMARTS) is 1. The van der Waals surface area contributed by atoms with Gasteiger partial charge in [0, 0.05) is 19.2 Å². The molecule has 3 aromatic carbocycles. The Kier molecular flexibility index (Phi) is 7.51. The highest BCUT2D eigenvalue weighted by Gasteiger charge is 2.30. The zero-order valence-corrected chi connectivity index (χ0v) is 21.2. The minimum absolute atomic E-state index is 0.0200. The average Bonchev–Trinajstić information content (AvgIpc) is 3.11. The van der Waals surface area contributed by atoms with Crippen LogP contribution in [-0.4, -0.2) is 39.0 Å². The summed E-state index contributed by atoms with van der Waals surface area (Å²) in [5, 5.41) is 20.3. The van der Waals surface area contributed by atoms with Crippen LogP contribution in [0, 0.1) is 10.1 Å². The SMILES string of the molecule is CN1C(=O)C(=Cc2ccc(OCc3ccc([N+](=O)[O-])cc3)c(Br)c2)SC1=Nc1ccc(C(=O)O)cc1. The Bertz CT molecular complexity index is 1400. The first-order valence-electron chi connectivity index (χ1n) is 10.5. The number of nitro groups is 1. The number of carbonyl (C=O) groups excluding carboxylic acids is 1. The van der Waals surface area contributed by atoms with Gasteiger partial charge in [-0.2, -0.15) is 0 Å². The summed E-state index contributed by atoms with van der Waals surface area (Å²) in [5.41, 5.74) is 2.29. The number of carbonyl (C=O) groups is 2. The molecule has 1 saturated heterocycles. The molecule has 0 spiro atoms. The summed E-state index contributed by atoms with van der Waals surface area (Å²) in [6, 6.07) is 17.7. The third kappa shape index (κ3) is 5.81. The molecule has 0 saturated carbocycles. The average molecular weight is 568 g/mol. The number of hydrogen-bond acceptors (Lipinski definition) is 7. The number of rotatable bonds is 7. The van der Waals surface area contributed by atoms with Crippen molar-refractivity contribution >= 4 is 62.2 Å². The molecule has 0 aliphatic carbocycles. The van der Waals surface area contributed by atoms with Crippen molar-refractivity contribution in [3.05, 3.63) is 103 Å². The van der Waals surface area contributed by atoms with Gasteiger partial charge in [-0.1, -0.05) is 6.07 Å². The molecule has 1 fully saturated rings. The highest BCUT2D eigenvalue weighted by Crippen LogP contribution is 2.34. The number of non-ortho nitro benzene ring substituents is 1. The number of amidine groups is 1. The van der Waals surface area contributed by atoms with Crippen LogP contribution < -0.4 is 4.74 Å². The highest BCUT2D eigenvalue weighted by molar-refractivity contribution is 9.10. The van der Waals surface area contributed by atoms with Crippen molar-refractivity contribution < 1.29 is 24.4 Å². The monoisotopic (exact) mass is 567 g/mol. The number of likely N-dealkylation sites (N-methyl/N-ethyl adjacent to an activating group) is 1. The van der Waals surface area contributed by atoms with Crippen LogP contribution in [0.2, 0.25) is 0 Å². The summed E-state index contributed by atoms with van der Waals surface area (Å²) in [5.74, 6) is -0.628. The third-order valence-electron chi connectivity index (χ3n) is 5.14. The van der Waals surface area contributed by atoms with Crippen LogP contribution in [0.5, 0.6) is 5.75 Å². The van der Waals surface area contributed by atoms with E-state index in [1.54, 1.807) is 43.5 Å². The fraction of sp³-hybridized carbons (Fsp3) is 0.0800. The van der Waals surface area contributed by atoms with E-state index < -0.39 is 10.9 Å². The predicted molar refractivity (Wildman–Crippen MR) is 140 cm³/mol. The van der Waals surface area contributed by atoms with Crippen LogP contribution in [0.4, 0.5) is 11.4 Å². The number of amides is 1. The lowest BCUT2D eigenvalue weighted by Crippen LogP contribution is -2.23. The summed E-state index contributed by atoms with van der Waals surface area (Å²) in [4.78, 5) is 40.5. The van der Waals surface area contributed by atoms with Gasteiger partial charge in [0.25, 0.3) is 11.6 Å². The van der Waals surface area contributed by atoms with Crippen LogP contribution >= 0.6 is 27.7 Å². The molecule has 3 aromatic rings. The normalized spacial score (nSPS) is 15.5. The molecule has 0 unspecified atom stereocenters. The maximum absolute atomic E-state index is 12.7. The van der Waals surface area contributed by atoms with Crippen molar-refractivity contribution in [2.24, 2.45) is 4.99 Å². The third-order valence-corrected chi connectivity index (χ3v) is 6.82. The van der Waals surface area contributed by atoms with Gasteiger partial charge in [-0.3, -0.25) is 19.8 Å². The second-order valence-electron chi connectivity index (χ2n) is 7.62. The van der Waals surface area contributed by atoms with E-state index in [0.717, 1.165) is 11.1 Å². The van der Waals surface area contributed by atoms with Gasteiger partial charge in [-0.05, 0) is 93.4 Å². The second-order valence-corrected chi connectivity index (χ2v) is 9.49. The Labute approximate surface area is 218 Å². The van der Waals surface area contributed by atoms with Crippen LogP contribution in [0.3, 0.4) is 0 Å². The minimum Gasteiger partial charge on any atom is -0.488 e. The lowest BCUT2D eigenvalue weighted by Gasteiger charge is -2.09. The number of aromatic carboxylic acids is 1. The van der Waals surface area contributed by atoms with Crippen molar-refractivity contribution in [3.63, 3.8) is 0 Å². The van der Waals surface area contributed by atoms with Gasteiger partial charge < -0.3 is 9.84 Å². The number of halogens is 1. The number of hydrogen-bond donors (Lipinski definition) is 1. The summed E-state index contributed by atoms with van der Waals surface area (Å²) >= 11 is 4.71. The quantitative estimate of drug-likeness (QED) is 0.215. The van der Waals surface area contributed by atoms with Gasteiger partial charge >= 0.3 is 5.97 Å². The van der Waals surface area contributed by atoms with Crippen molar-refractivity contribution in [2.75, 3.05) is 7.05 Å². The molecule has 1 amide bonds. The number of carboxylic acids is 1. The fourth-order valence-electron chi connectivity index (χ4n) is 3.19. The molecular weight excluding hydrogens is 550 g/mol. The summed E-state index contributed by atoms with van der Waals surface area (Å²) in [6.07, 6.45) is 1.75. The zero-order chi connectivity index (χ0) is 25.8. The van der Waals surface area contributed by atoms with E-state index in [-0.39, 0.29) is 23.8 Å². The molecule has 0 aromatic heterocycles. The second kappa shape index (κ2) is 10.8. The van der Waals surface area contributed by atoms with E-state index in [4.69, 9.17) is 9.84 Å². The van der Waals surface area contributed by atoms with Gasteiger partial charge in [0.1, 0.15) is 12.4 Å². The molecular formula is C25H18BrN3O6S. The molecule has 0 radical (unpaired) electrons. The Morgan fingerprint density at radius 2 is 1.86 bits per heavy atom. The van der Waals surface area contributed by atoms with E-state index in [1.807, 2.05) is 12.1 Å². The molecule has 182 valence electrons. The first-order valence-corrected chi connectivity index (χ1v) is 12.1. The van der Waals surface area contributed by atoms with Crippen LogP contribution in [0.25, 0.3) is 6.08 Å². The standard InChI is InChI=1S/C25H18BrN3O6S/c1-28-23(30)22(36-25(28)27-18-7-5-17(6-8-18)24(31)32)13-16-4-11-21(20(26)12-16)35-14-15-2-9-19(10-3-15)29(33)34/h2-13H,14H2,1H3,(H,31,32). The smallest absolute Gasteiger partial charge is 0.335 e. The molecule has 1 heterocycles. The number of ether oxygens (including phenoxy) is 1. The van der Waals surface area contributed by atoms with Crippen LogP contribution in [0.15, 0.2) is 81.1 Å². The summed E-state index contributed by atoms with van der Waals surface area (Å²) in [6.45, 7) is 0.240. The van der Waals surface area contributed by atoms with Gasteiger partial charge in [0.05, 0.1) is 25.6 Å². The number of benzene rings is 3. The van der Waals surface area contributed by atoms with Gasteiger partial charge in [0.15, 0.2) is 5.17 Å². The molecule has 1 aliphatic heterocycles. The number of nitrogens with zero attached hydrogens (tertiary/aromatic N) is 3. The summed E-state index contributed by atoms with van der Waals surface area (Å²) in [7, 11) is 1.63. The van der Waals surface area contributed by atoms with Crippen LogP contribution in [0.1, 0.15) is 21.5 Å². The molecule has 4 rings (SSSR count). The van der Waals surface area contributed by atoms with Crippen molar-refractivity contribution in [1.29, 1.82) is 0 Å². The maximum atomic E-state index is 12.7. The first kappa shape index (κ1) is 25.1. The lowest BCUT2D eigenvalue weighted by atomic mass is 10.2. The summed E-state index contributed by atoms with van der Waals surface area (Å²) < 4.78 is 6.51. The van der Waals surface area contributed by atoms with E-state index in [0.29, 0.717) is 26.0 Å². The Morgan fingerprint density at radius 1 is 1.17 bits per heavy atom. The largest absolute Gasteiger partial charge is 0.488 e. The molecule has 11 heteroatoms. The van der Waals surface area contributed by atoms with Gasteiger partial charge in [-0.25, -0.2) is 9.79 Å². The highest BCUT2D eigenvalue weighted by atomic mass is 79.9. The van der Waals surface area contributed by atoms with E-state index in [2.05, 4.69) is 20.9 Å². The number of aliphatic imine (C=N–C) groups is 1. The van der Waals surface area contributed by atoms with Gasteiger partial charge in [0.2, 0.25) is 0 Å².